The number of nitrogens with zero attached hydrogens (tertiary/aromatic N) is 3. The molecule has 0 aliphatic rings. The molecule has 0 aliphatic carbocycles. The summed E-state index contributed by atoms with van der Waals surface area (Å²) in [6, 6.07) is 7.75. The lowest BCUT2D eigenvalue weighted by atomic mass is 10.1. The van der Waals surface area contributed by atoms with Crippen molar-refractivity contribution in [1.29, 1.82) is 0 Å². The van der Waals surface area contributed by atoms with Gasteiger partial charge in [-0.05, 0) is 18.6 Å². The molecule has 2 N–H and O–H groups in total. The molecule has 0 aliphatic heterocycles. The average Bonchev–Trinajstić information content (AvgIpc) is 3.23. The van der Waals surface area contributed by atoms with Crippen molar-refractivity contribution in [2.24, 2.45) is 0 Å². The fourth-order valence-corrected chi connectivity index (χ4v) is 3.04. The van der Waals surface area contributed by atoms with Crippen LogP contribution in [-0.4, -0.2) is 32.0 Å². The van der Waals surface area contributed by atoms with E-state index < -0.39 is 0 Å². The van der Waals surface area contributed by atoms with Crippen molar-refractivity contribution < 1.29 is 4.79 Å². The number of carbonyl (C=O) groups excluding carboxylic acids is 1. The normalized spacial score (nSPS) is 12.4. The van der Waals surface area contributed by atoms with Crippen LogP contribution in [0.3, 0.4) is 0 Å². The SMILES string of the molecule is CCc1nc2ccccc2n1[C@@H](CC)C(=O)NCCc1cnc[nH]1. The molecule has 1 atom stereocenters. The van der Waals surface area contributed by atoms with E-state index in [-0.39, 0.29) is 11.9 Å². The van der Waals surface area contributed by atoms with Crippen LogP contribution in [0.5, 0.6) is 0 Å². The number of amides is 1. The van der Waals surface area contributed by atoms with Gasteiger partial charge in [-0.15, -0.1) is 0 Å². The summed E-state index contributed by atoms with van der Waals surface area (Å²) >= 11 is 0. The molecular formula is C18H23N5O. The molecule has 24 heavy (non-hydrogen) atoms. The summed E-state index contributed by atoms with van der Waals surface area (Å²) in [5, 5.41) is 3.04. The molecule has 3 rings (SSSR count). The van der Waals surface area contributed by atoms with Crippen molar-refractivity contribution in [3.8, 4) is 0 Å². The Morgan fingerprint density at radius 2 is 2.17 bits per heavy atom. The molecule has 1 aromatic carbocycles. The summed E-state index contributed by atoms with van der Waals surface area (Å²) in [5.74, 6) is 0.988. The molecule has 2 heterocycles. The van der Waals surface area contributed by atoms with Crippen LogP contribution in [0.25, 0.3) is 11.0 Å². The highest BCUT2D eigenvalue weighted by Crippen LogP contribution is 2.24. The van der Waals surface area contributed by atoms with Gasteiger partial charge in [-0.3, -0.25) is 4.79 Å². The Morgan fingerprint density at radius 1 is 1.33 bits per heavy atom. The molecule has 6 nitrogen and oxygen atoms in total. The van der Waals surface area contributed by atoms with Gasteiger partial charge in [0.25, 0.3) is 0 Å². The molecule has 0 bridgehead atoms. The van der Waals surface area contributed by atoms with Crippen LogP contribution in [0, 0.1) is 0 Å². The molecule has 0 spiro atoms. The van der Waals surface area contributed by atoms with Gasteiger partial charge in [0.15, 0.2) is 0 Å². The summed E-state index contributed by atoms with van der Waals surface area (Å²) in [4.78, 5) is 24.4. The predicted octanol–water partition coefficient (Wildman–Crippen LogP) is 2.63. The van der Waals surface area contributed by atoms with Crippen LogP contribution in [0.2, 0.25) is 0 Å². The third kappa shape index (κ3) is 3.18. The number of carbonyl (C=O) groups is 1. The van der Waals surface area contributed by atoms with Crippen LogP contribution >= 0.6 is 0 Å². The van der Waals surface area contributed by atoms with Crippen LogP contribution in [0.1, 0.15) is 37.8 Å². The van der Waals surface area contributed by atoms with Gasteiger partial charge in [0.2, 0.25) is 5.91 Å². The van der Waals surface area contributed by atoms with Gasteiger partial charge in [0, 0.05) is 31.3 Å². The third-order valence-corrected chi connectivity index (χ3v) is 4.23. The first kappa shape index (κ1) is 16.2. The Morgan fingerprint density at radius 3 is 2.88 bits per heavy atom. The molecule has 3 aromatic rings. The molecule has 0 saturated heterocycles. The zero-order valence-corrected chi connectivity index (χ0v) is 14.1. The first-order valence-corrected chi connectivity index (χ1v) is 8.45. The van der Waals surface area contributed by atoms with E-state index in [2.05, 4.69) is 31.8 Å². The fourth-order valence-electron chi connectivity index (χ4n) is 3.04. The van der Waals surface area contributed by atoms with E-state index in [0.717, 1.165) is 41.8 Å². The molecule has 6 heteroatoms. The Kier molecular flexibility index (Phi) is 4.93. The van der Waals surface area contributed by atoms with E-state index in [1.807, 2.05) is 31.2 Å². The van der Waals surface area contributed by atoms with Gasteiger partial charge < -0.3 is 14.9 Å². The van der Waals surface area contributed by atoms with Crippen molar-refractivity contribution in [3.63, 3.8) is 0 Å². The minimum absolute atomic E-state index is 0.0369. The number of aromatic nitrogens is 4. The lowest BCUT2D eigenvalue weighted by Gasteiger charge is -2.19. The second kappa shape index (κ2) is 7.29. The summed E-state index contributed by atoms with van der Waals surface area (Å²) < 4.78 is 2.08. The maximum absolute atomic E-state index is 12.7. The van der Waals surface area contributed by atoms with E-state index in [4.69, 9.17) is 0 Å². The number of hydrogen-bond acceptors (Lipinski definition) is 3. The standard InChI is InChI=1S/C18H23N5O/c1-3-15(18(24)20-10-9-13-11-19-12-21-13)23-16-8-6-5-7-14(16)22-17(23)4-2/h5-8,11-12,15H,3-4,9-10H2,1-2H3,(H,19,21)(H,20,24)/t15-/m0/s1. The minimum atomic E-state index is -0.242. The molecule has 1 amide bonds. The number of fused-ring (bicyclic) bond motifs is 1. The Hall–Kier alpha value is -2.63. The van der Waals surface area contributed by atoms with Crippen LogP contribution < -0.4 is 5.32 Å². The largest absolute Gasteiger partial charge is 0.354 e. The lowest BCUT2D eigenvalue weighted by Crippen LogP contribution is -2.34. The van der Waals surface area contributed by atoms with E-state index in [1.165, 1.54) is 0 Å². The third-order valence-electron chi connectivity index (χ3n) is 4.23. The van der Waals surface area contributed by atoms with Crippen molar-refractivity contribution in [1.82, 2.24) is 24.8 Å². The zero-order valence-electron chi connectivity index (χ0n) is 14.1. The Bertz CT molecular complexity index is 806. The fraction of sp³-hybridized carbons (Fsp3) is 0.389. The zero-order chi connectivity index (χ0) is 16.9. The van der Waals surface area contributed by atoms with Gasteiger partial charge in [0.05, 0.1) is 17.4 Å². The number of aryl methyl sites for hydroxylation is 1. The molecule has 0 radical (unpaired) electrons. The maximum atomic E-state index is 12.7. The molecule has 0 unspecified atom stereocenters. The summed E-state index contributed by atoms with van der Waals surface area (Å²) in [5.41, 5.74) is 2.98. The summed E-state index contributed by atoms with van der Waals surface area (Å²) in [6.07, 6.45) is 5.70. The Labute approximate surface area is 141 Å². The van der Waals surface area contributed by atoms with Gasteiger partial charge in [-0.25, -0.2) is 9.97 Å². The molecule has 2 aromatic heterocycles. The van der Waals surface area contributed by atoms with E-state index in [0.29, 0.717) is 6.54 Å². The van der Waals surface area contributed by atoms with Gasteiger partial charge in [-0.2, -0.15) is 0 Å². The predicted molar refractivity (Wildman–Crippen MR) is 93.7 cm³/mol. The second-order valence-electron chi connectivity index (χ2n) is 5.78. The minimum Gasteiger partial charge on any atom is -0.354 e. The van der Waals surface area contributed by atoms with Crippen LogP contribution in [0.15, 0.2) is 36.8 Å². The van der Waals surface area contributed by atoms with Crippen LogP contribution in [-0.2, 0) is 17.6 Å². The number of para-hydroxylation sites is 2. The molecule has 0 fully saturated rings. The van der Waals surface area contributed by atoms with E-state index in [1.54, 1.807) is 12.5 Å². The summed E-state index contributed by atoms with van der Waals surface area (Å²) in [6.45, 7) is 4.69. The number of benzene rings is 1. The number of aromatic amines is 1. The topological polar surface area (TPSA) is 75.6 Å². The number of nitrogens with one attached hydrogen (secondary N) is 2. The van der Waals surface area contributed by atoms with Crippen molar-refractivity contribution in [3.05, 3.63) is 48.3 Å². The van der Waals surface area contributed by atoms with Crippen molar-refractivity contribution in [2.75, 3.05) is 6.54 Å². The summed E-state index contributed by atoms with van der Waals surface area (Å²) in [7, 11) is 0. The number of rotatable bonds is 7. The second-order valence-corrected chi connectivity index (χ2v) is 5.78. The first-order chi connectivity index (χ1) is 11.7. The quantitative estimate of drug-likeness (QED) is 0.701. The van der Waals surface area contributed by atoms with Crippen molar-refractivity contribution in [2.45, 2.75) is 39.2 Å². The van der Waals surface area contributed by atoms with Crippen molar-refractivity contribution >= 4 is 16.9 Å². The number of hydrogen-bond donors (Lipinski definition) is 2. The number of imidazole rings is 2. The smallest absolute Gasteiger partial charge is 0.243 e. The van der Waals surface area contributed by atoms with E-state index >= 15 is 0 Å². The first-order valence-electron chi connectivity index (χ1n) is 8.45. The highest BCUT2D eigenvalue weighted by molar-refractivity contribution is 5.84. The average molecular weight is 325 g/mol. The van der Waals surface area contributed by atoms with Gasteiger partial charge in [-0.1, -0.05) is 26.0 Å². The lowest BCUT2D eigenvalue weighted by molar-refractivity contribution is -0.124. The van der Waals surface area contributed by atoms with Crippen LogP contribution in [0.4, 0.5) is 0 Å². The highest BCUT2D eigenvalue weighted by Gasteiger charge is 2.23. The monoisotopic (exact) mass is 325 g/mol. The molecular weight excluding hydrogens is 302 g/mol. The Balaban J connectivity index is 1.79. The van der Waals surface area contributed by atoms with Gasteiger partial charge >= 0.3 is 0 Å². The highest BCUT2D eigenvalue weighted by atomic mass is 16.2. The molecule has 0 saturated carbocycles. The number of H-pyrrole nitrogens is 1. The molecule has 126 valence electrons. The van der Waals surface area contributed by atoms with Gasteiger partial charge in [0.1, 0.15) is 11.9 Å². The maximum Gasteiger partial charge on any atom is 0.243 e. The van der Waals surface area contributed by atoms with E-state index in [9.17, 15) is 4.79 Å².